The van der Waals surface area contributed by atoms with Crippen molar-refractivity contribution in [2.45, 2.75) is 33.4 Å². The average Bonchev–Trinajstić information content (AvgIpc) is 2.44. The number of benzene rings is 1. The molecule has 1 heterocycles. The van der Waals surface area contributed by atoms with Crippen LogP contribution in [0.4, 0.5) is 0 Å². The lowest BCUT2D eigenvalue weighted by Crippen LogP contribution is -2.30. The number of hydrogen-bond acceptors (Lipinski definition) is 1. The van der Waals surface area contributed by atoms with Crippen molar-refractivity contribution in [3.05, 3.63) is 34.9 Å². The zero-order valence-corrected chi connectivity index (χ0v) is 8.87. The molecule has 2 nitrogen and oxygen atoms in total. The van der Waals surface area contributed by atoms with Gasteiger partial charge in [-0.05, 0) is 32.4 Å². The average molecular weight is 189 g/mol. The van der Waals surface area contributed by atoms with Gasteiger partial charge in [-0.2, -0.15) is 0 Å². The molecule has 0 spiro atoms. The standard InChI is InChI=1S/C12H15NO/c1-8(2)13-7-10-5-4-9(3)6-11(10)12(13)14/h4-6,8H,7H2,1-3H3. The molecule has 0 saturated heterocycles. The first kappa shape index (κ1) is 9.25. The van der Waals surface area contributed by atoms with Gasteiger partial charge in [-0.1, -0.05) is 17.7 Å². The van der Waals surface area contributed by atoms with E-state index in [-0.39, 0.29) is 11.9 Å². The largest absolute Gasteiger partial charge is 0.332 e. The summed E-state index contributed by atoms with van der Waals surface area (Å²) in [7, 11) is 0. The van der Waals surface area contributed by atoms with Crippen LogP contribution in [0.25, 0.3) is 0 Å². The molecular weight excluding hydrogens is 174 g/mol. The van der Waals surface area contributed by atoms with Crippen LogP contribution in [-0.4, -0.2) is 16.8 Å². The van der Waals surface area contributed by atoms with Gasteiger partial charge < -0.3 is 4.90 Å². The number of nitrogens with zero attached hydrogens (tertiary/aromatic N) is 1. The zero-order chi connectivity index (χ0) is 10.3. The molecule has 1 aliphatic rings. The highest BCUT2D eigenvalue weighted by atomic mass is 16.2. The fraction of sp³-hybridized carbons (Fsp3) is 0.417. The van der Waals surface area contributed by atoms with Crippen LogP contribution in [0.3, 0.4) is 0 Å². The van der Waals surface area contributed by atoms with Crippen molar-refractivity contribution in [1.29, 1.82) is 0 Å². The number of fused-ring (bicyclic) bond motifs is 1. The van der Waals surface area contributed by atoms with E-state index >= 15 is 0 Å². The van der Waals surface area contributed by atoms with Crippen LogP contribution >= 0.6 is 0 Å². The first-order chi connectivity index (χ1) is 6.59. The first-order valence-electron chi connectivity index (χ1n) is 5.00. The Labute approximate surface area is 84.5 Å². The molecule has 0 aliphatic carbocycles. The van der Waals surface area contributed by atoms with Crippen molar-refractivity contribution >= 4 is 5.91 Å². The van der Waals surface area contributed by atoms with Gasteiger partial charge in [-0.25, -0.2) is 0 Å². The van der Waals surface area contributed by atoms with Crippen LogP contribution in [-0.2, 0) is 6.54 Å². The second-order valence-corrected chi connectivity index (χ2v) is 4.19. The van der Waals surface area contributed by atoms with Crippen LogP contribution in [0.1, 0.15) is 35.3 Å². The van der Waals surface area contributed by atoms with Gasteiger partial charge in [0, 0.05) is 18.2 Å². The molecule has 1 aliphatic heterocycles. The molecule has 14 heavy (non-hydrogen) atoms. The van der Waals surface area contributed by atoms with Crippen LogP contribution in [0.5, 0.6) is 0 Å². The minimum atomic E-state index is 0.179. The molecule has 0 bridgehead atoms. The molecule has 1 aromatic rings. The molecule has 2 heteroatoms. The number of carbonyl (C=O) groups is 1. The maximum absolute atomic E-state index is 11.9. The van der Waals surface area contributed by atoms with E-state index in [9.17, 15) is 4.79 Å². The maximum Gasteiger partial charge on any atom is 0.254 e. The van der Waals surface area contributed by atoms with E-state index < -0.39 is 0 Å². The molecule has 0 atom stereocenters. The van der Waals surface area contributed by atoms with Crippen molar-refractivity contribution in [1.82, 2.24) is 4.90 Å². The van der Waals surface area contributed by atoms with Gasteiger partial charge in [-0.15, -0.1) is 0 Å². The normalized spacial score (nSPS) is 15.1. The minimum Gasteiger partial charge on any atom is -0.332 e. The lowest BCUT2D eigenvalue weighted by Gasteiger charge is -2.19. The summed E-state index contributed by atoms with van der Waals surface area (Å²) in [6.07, 6.45) is 0. The van der Waals surface area contributed by atoms with Crippen molar-refractivity contribution in [3.8, 4) is 0 Å². The first-order valence-corrected chi connectivity index (χ1v) is 5.00. The fourth-order valence-corrected chi connectivity index (χ4v) is 1.85. The molecular formula is C12H15NO. The smallest absolute Gasteiger partial charge is 0.254 e. The van der Waals surface area contributed by atoms with Gasteiger partial charge in [-0.3, -0.25) is 4.79 Å². The fourth-order valence-electron chi connectivity index (χ4n) is 1.85. The molecule has 1 amide bonds. The lowest BCUT2D eigenvalue weighted by atomic mass is 10.1. The second-order valence-electron chi connectivity index (χ2n) is 4.19. The lowest BCUT2D eigenvalue weighted by molar-refractivity contribution is 0.0730. The van der Waals surface area contributed by atoms with E-state index in [0.717, 1.165) is 23.2 Å². The van der Waals surface area contributed by atoms with Crippen molar-refractivity contribution in [2.75, 3.05) is 0 Å². The van der Waals surface area contributed by atoms with Crippen molar-refractivity contribution in [2.24, 2.45) is 0 Å². The molecule has 0 N–H and O–H groups in total. The molecule has 0 unspecified atom stereocenters. The van der Waals surface area contributed by atoms with E-state index in [1.165, 1.54) is 0 Å². The van der Waals surface area contributed by atoms with Gasteiger partial charge in [0.25, 0.3) is 5.91 Å². The van der Waals surface area contributed by atoms with Crippen molar-refractivity contribution < 1.29 is 4.79 Å². The van der Waals surface area contributed by atoms with Gasteiger partial charge in [0.1, 0.15) is 0 Å². The molecule has 0 radical (unpaired) electrons. The molecule has 0 saturated carbocycles. The maximum atomic E-state index is 11.9. The quantitative estimate of drug-likeness (QED) is 0.664. The highest BCUT2D eigenvalue weighted by molar-refractivity contribution is 5.98. The van der Waals surface area contributed by atoms with E-state index in [0.29, 0.717) is 0 Å². The highest BCUT2D eigenvalue weighted by Gasteiger charge is 2.28. The summed E-state index contributed by atoms with van der Waals surface area (Å²) >= 11 is 0. The topological polar surface area (TPSA) is 20.3 Å². The minimum absolute atomic E-state index is 0.179. The Morgan fingerprint density at radius 2 is 2.07 bits per heavy atom. The zero-order valence-electron chi connectivity index (χ0n) is 8.87. The Morgan fingerprint density at radius 1 is 1.36 bits per heavy atom. The number of aryl methyl sites for hydroxylation is 1. The number of amides is 1. The highest BCUT2D eigenvalue weighted by Crippen LogP contribution is 2.25. The Morgan fingerprint density at radius 3 is 2.71 bits per heavy atom. The second kappa shape index (κ2) is 3.12. The summed E-state index contributed by atoms with van der Waals surface area (Å²) in [6, 6.07) is 6.40. The van der Waals surface area contributed by atoms with Gasteiger partial charge in [0.05, 0.1) is 0 Å². The third-order valence-corrected chi connectivity index (χ3v) is 2.72. The predicted molar refractivity (Wildman–Crippen MR) is 56.2 cm³/mol. The Balaban J connectivity index is 2.41. The number of hydrogen-bond donors (Lipinski definition) is 0. The molecule has 1 aromatic carbocycles. The Hall–Kier alpha value is -1.31. The number of carbonyl (C=O) groups excluding carboxylic acids is 1. The summed E-state index contributed by atoms with van der Waals surface area (Å²) in [5.41, 5.74) is 3.20. The number of rotatable bonds is 1. The van der Waals surface area contributed by atoms with Crippen LogP contribution in [0, 0.1) is 6.92 Å². The summed E-state index contributed by atoms with van der Waals surface area (Å²) in [5, 5.41) is 0. The monoisotopic (exact) mass is 189 g/mol. The van der Waals surface area contributed by atoms with Crippen LogP contribution in [0.15, 0.2) is 18.2 Å². The predicted octanol–water partition coefficient (Wildman–Crippen LogP) is 2.36. The van der Waals surface area contributed by atoms with Gasteiger partial charge in [0.15, 0.2) is 0 Å². The summed E-state index contributed by atoms with van der Waals surface area (Å²) < 4.78 is 0. The third-order valence-electron chi connectivity index (χ3n) is 2.72. The summed E-state index contributed by atoms with van der Waals surface area (Å²) in [5.74, 6) is 0.179. The molecule has 74 valence electrons. The Bertz CT molecular complexity index is 382. The summed E-state index contributed by atoms with van der Waals surface area (Å²) in [6.45, 7) is 6.89. The third kappa shape index (κ3) is 1.31. The SMILES string of the molecule is Cc1ccc2c(c1)C(=O)N(C(C)C)C2. The van der Waals surface area contributed by atoms with E-state index in [4.69, 9.17) is 0 Å². The Kier molecular flexibility index (Phi) is 2.06. The van der Waals surface area contributed by atoms with Gasteiger partial charge >= 0.3 is 0 Å². The summed E-state index contributed by atoms with van der Waals surface area (Å²) in [4.78, 5) is 13.8. The van der Waals surface area contributed by atoms with Crippen LogP contribution < -0.4 is 0 Å². The van der Waals surface area contributed by atoms with E-state index in [1.54, 1.807) is 0 Å². The van der Waals surface area contributed by atoms with Gasteiger partial charge in [0.2, 0.25) is 0 Å². The van der Waals surface area contributed by atoms with Crippen LogP contribution in [0.2, 0.25) is 0 Å². The van der Waals surface area contributed by atoms with E-state index in [2.05, 4.69) is 26.0 Å². The molecule has 0 aromatic heterocycles. The van der Waals surface area contributed by atoms with E-state index in [1.807, 2.05) is 17.9 Å². The molecule has 0 fully saturated rings. The molecule has 2 rings (SSSR count). The van der Waals surface area contributed by atoms with Crippen molar-refractivity contribution in [3.63, 3.8) is 0 Å².